The fourth-order valence-electron chi connectivity index (χ4n) is 0.484. The van der Waals surface area contributed by atoms with Gasteiger partial charge < -0.3 is 11.1 Å². The lowest BCUT2D eigenvalue weighted by Gasteiger charge is -2.02. The van der Waals surface area contributed by atoms with Gasteiger partial charge >= 0.3 is 0 Å². The lowest BCUT2D eigenvalue weighted by molar-refractivity contribution is 0.829. The molecule has 0 aromatic heterocycles. The zero-order chi connectivity index (χ0) is 7.11. The van der Waals surface area contributed by atoms with Gasteiger partial charge in [-0.25, -0.2) is 0 Å². The highest BCUT2D eigenvalue weighted by molar-refractivity contribution is 7.80. The van der Waals surface area contributed by atoms with Crippen molar-refractivity contribution in [3.05, 3.63) is 0 Å². The van der Waals surface area contributed by atoms with Crippen LogP contribution in [0.1, 0.15) is 19.8 Å². The molecule has 0 heterocycles. The van der Waals surface area contributed by atoms with Crippen LogP contribution in [0.4, 0.5) is 0 Å². The van der Waals surface area contributed by atoms with E-state index in [2.05, 4.69) is 12.2 Å². The molecule has 9 heavy (non-hydrogen) atoms. The summed E-state index contributed by atoms with van der Waals surface area (Å²) in [6.45, 7) is 3.73. The SMILES string of the molecule is CCCNC(=S)CCN. The number of hydrogen-bond acceptors (Lipinski definition) is 2. The lowest BCUT2D eigenvalue weighted by atomic mass is 10.4. The first-order chi connectivity index (χ1) is 4.31. The molecule has 0 saturated carbocycles. The standard InChI is InChI=1S/C6H14N2S/c1-2-5-8-6(9)3-4-7/h2-5,7H2,1H3,(H,8,9). The molecule has 3 heteroatoms. The zero-order valence-electron chi connectivity index (χ0n) is 5.81. The van der Waals surface area contributed by atoms with Gasteiger partial charge in [0.2, 0.25) is 0 Å². The number of thiocarbonyl (C=S) groups is 1. The van der Waals surface area contributed by atoms with Crippen LogP contribution in [-0.4, -0.2) is 18.1 Å². The minimum absolute atomic E-state index is 0.648. The van der Waals surface area contributed by atoms with Crippen LogP contribution in [0.15, 0.2) is 0 Å². The van der Waals surface area contributed by atoms with E-state index in [-0.39, 0.29) is 0 Å². The molecule has 0 spiro atoms. The van der Waals surface area contributed by atoms with Crippen molar-refractivity contribution in [2.45, 2.75) is 19.8 Å². The van der Waals surface area contributed by atoms with Gasteiger partial charge in [0.1, 0.15) is 0 Å². The quantitative estimate of drug-likeness (QED) is 0.572. The van der Waals surface area contributed by atoms with Crippen LogP contribution in [-0.2, 0) is 0 Å². The van der Waals surface area contributed by atoms with Crippen LogP contribution < -0.4 is 11.1 Å². The summed E-state index contributed by atoms with van der Waals surface area (Å²) >= 11 is 4.93. The van der Waals surface area contributed by atoms with Gasteiger partial charge in [0.25, 0.3) is 0 Å². The van der Waals surface area contributed by atoms with E-state index in [0.717, 1.165) is 24.4 Å². The molecule has 0 radical (unpaired) electrons. The number of rotatable bonds is 4. The summed E-state index contributed by atoms with van der Waals surface area (Å²) in [6, 6.07) is 0. The van der Waals surface area contributed by atoms with Crippen molar-refractivity contribution in [1.82, 2.24) is 5.32 Å². The number of nitrogens with two attached hydrogens (primary N) is 1. The topological polar surface area (TPSA) is 38.0 Å². The van der Waals surface area contributed by atoms with E-state index in [1.54, 1.807) is 0 Å². The molecule has 0 aromatic rings. The van der Waals surface area contributed by atoms with Crippen LogP contribution in [0.3, 0.4) is 0 Å². The Bertz CT molecular complexity index is 83.1. The van der Waals surface area contributed by atoms with E-state index in [9.17, 15) is 0 Å². The Kier molecular flexibility index (Phi) is 5.88. The molecule has 0 aliphatic heterocycles. The largest absolute Gasteiger partial charge is 0.380 e. The normalized spacial score (nSPS) is 9.11. The van der Waals surface area contributed by atoms with Crippen LogP contribution in [0, 0.1) is 0 Å². The maximum Gasteiger partial charge on any atom is 0.0766 e. The molecular formula is C6H14N2S. The van der Waals surface area contributed by atoms with Gasteiger partial charge in [-0.1, -0.05) is 19.1 Å². The highest BCUT2D eigenvalue weighted by Gasteiger charge is 1.89. The van der Waals surface area contributed by atoms with Gasteiger partial charge in [-0.2, -0.15) is 0 Å². The predicted octanol–water partition coefficient (Wildman–Crippen LogP) is 0.662. The van der Waals surface area contributed by atoms with Gasteiger partial charge in [-0.15, -0.1) is 0 Å². The third-order valence-electron chi connectivity index (χ3n) is 0.944. The van der Waals surface area contributed by atoms with Crippen molar-refractivity contribution in [1.29, 1.82) is 0 Å². The molecule has 0 atom stereocenters. The van der Waals surface area contributed by atoms with E-state index in [1.807, 2.05) is 0 Å². The summed E-state index contributed by atoms with van der Waals surface area (Å²) in [5.41, 5.74) is 5.27. The molecule has 0 amide bonds. The molecule has 54 valence electrons. The summed E-state index contributed by atoms with van der Waals surface area (Å²) in [5, 5.41) is 3.08. The molecule has 0 saturated heterocycles. The fraction of sp³-hybridized carbons (Fsp3) is 0.833. The number of nitrogens with one attached hydrogen (secondary N) is 1. The Morgan fingerprint density at radius 3 is 2.78 bits per heavy atom. The van der Waals surface area contributed by atoms with Gasteiger partial charge in [-0.05, 0) is 13.0 Å². The Hall–Kier alpha value is -0.150. The molecule has 0 aliphatic rings. The smallest absolute Gasteiger partial charge is 0.0766 e. The first-order valence-electron chi connectivity index (χ1n) is 3.28. The third-order valence-corrected chi connectivity index (χ3v) is 1.29. The summed E-state index contributed by atoms with van der Waals surface area (Å²) in [6.07, 6.45) is 1.93. The van der Waals surface area contributed by atoms with Crippen molar-refractivity contribution in [3.8, 4) is 0 Å². The first-order valence-corrected chi connectivity index (χ1v) is 3.68. The molecule has 2 nitrogen and oxygen atoms in total. The zero-order valence-corrected chi connectivity index (χ0v) is 6.63. The average molecular weight is 146 g/mol. The van der Waals surface area contributed by atoms with Crippen molar-refractivity contribution in [3.63, 3.8) is 0 Å². The van der Waals surface area contributed by atoms with Gasteiger partial charge in [-0.3, -0.25) is 0 Å². The number of hydrogen-bond donors (Lipinski definition) is 2. The van der Waals surface area contributed by atoms with Gasteiger partial charge in [0, 0.05) is 13.0 Å². The molecule has 3 N–H and O–H groups in total. The molecule has 0 unspecified atom stereocenters. The molecule has 0 aliphatic carbocycles. The molecule has 0 bridgehead atoms. The molecule has 0 fully saturated rings. The monoisotopic (exact) mass is 146 g/mol. The van der Waals surface area contributed by atoms with Crippen LogP contribution in [0.25, 0.3) is 0 Å². The highest BCUT2D eigenvalue weighted by Crippen LogP contribution is 1.79. The van der Waals surface area contributed by atoms with Gasteiger partial charge in [0.15, 0.2) is 0 Å². The van der Waals surface area contributed by atoms with E-state index in [1.165, 1.54) is 0 Å². The second kappa shape index (κ2) is 5.98. The summed E-state index contributed by atoms with van der Waals surface area (Å²) in [4.78, 5) is 0.888. The minimum atomic E-state index is 0.648. The summed E-state index contributed by atoms with van der Waals surface area (Å²) in [7, 11) is 0. The maximum absolute atomic E-state index is 5.27. The van der Waals surface area contributed by atoms with Crippen LogP contribution >= 0.6 is 12.2 Å². The third kappa shape index (κ3) is 5.73. The first kappa shape index (κ1) is 8.85. The van der Waals surface area contributed by atoms with E-state index in [4.69, 9.17) is 18.0 Å². The maximum atomic E-state index is 5.27. The predicted molar refractivity (Wildman–Crippen MR) is 44.6 cm³/mol. The molecule has 0 rings (SSSR count). The summed E-state index contributed by atoms with van der Waals surface area (Å²) < 4.78 is 0. The second-order valence-corrected chi connectivity index (χ2v) is 2.38. The molecule has 0 aromatic carbocycles. The van der Waals surface area contributed by atoms with Crippen molar-refractivity contribution in [2.24, 2.45) is 5.73 Å². The van der Waals surface area contributed by atoms with Gasteiger partial charge in [0.05, 0.1) is 4.99 Å². The minimum Gasteiger partial charge on any atom is -0.380 e. The molecular weight excluding hydrogens is 132 g/mol. The Balaban J connectivity index is 3.06. The van der Waals surface area contributed by atoms with Crippen molar-refractivity contribution < 1.29 is 0 Å². The fourth-order valence-corrected chi connectivity index (χ4v) is 0.704. The average Bonchev–Trinajstić information content (AvgIpc) is 1.85. The Morgan fingerprint density at radius 2 is 2.33 bits per heavy atom. The van der Waals surface area contributed by atoms with E-state index in [0.29, 0.717) is 6.54 Å². The van der Waals surface area contributed by atoms with Crippen LogP contribution in [0.5, 0.6) is 0 Å². The highest BCUT2D eigenvalue weighted by atomic mass is 32.1. The lowest BCUT2D eigenvalue weighted by Crippen LogP contribution is -2.24. The van der Waals surface area contributed by atoms with Crippen molar-refractivity contribution in [2.75, 3.05) is 13.1 Å². The van der Waals surface area contributed by atoms with E-state index < -0.39 is 0 Å². The second-order valence-electron chi connectivity index (χ2n) is 1.89. The Morgan fingerprint density at radius 1 is 1.67 bits per heavy atom. The van der Waals surface area contributed by atoms with Crippen molar-refractivity contribution >= 4 is 17.2 Å². The Labute approximate surface area is 61.8 Å². The summed E-state index contributed by atoms with van der Waals surface area (Å²) in [5.74, 6) is 0. The van der Waals surface area contributed by atoms with E-state index >= 15 is 0 Å². The van der Waals surface area contributed by atoms with Crippen LogP contribution in [0.2, 0.25) is 0 Å².